The molecule has 146 valence electrons. The molecular formula is C19H27F3N2O2. The summed E-state index contributed by atoms with van der Waals surface area (Å²) in [5, 5.41) is 6.07. The fourth-order valence-corrected chi connectivity index (χ4v) is 3.24. The second kappa shape index (κ2) is 7.86. The third-order valence-corrected chi connectivity index (χ3v) is 4.50. The van der Waals surface area contributed by atoms with Crippen molar-refractivity contribution in [2.24, 2.45) is 5.41 Å². The molecule has 0 aromatic heterocycles. The van der Waals surface area contributed by atoms with Gasteiger partial charge in [0.2, 0.25) is 0 Å². The van der Waals surface area contributed by atoms with Crippen molar-refractivity contribution in [1.29, 1.82) is 0 Å². The van der Waals surface area contributed by atoms with E-state index >= 15 is 0 Å². The van der Waals surface area contributed by atoms with E-state index in [9.17, 15) is 18.0 Å². The highest BCUT2D eigenvalue weighted by Gasteiger charge is 2.35. The monoisotopic (exact) mass is 372 g/mol. The molecule has 4 nitrogen and oxygen atoms in total. The number of hydrogen-bond acceptors (Lipinski definition) is 3. The number of hydrogen-bond donors (Lipinski definition) is 2. The Morgan fingerprint density at radius 1 is 1.23 bits per heavy atom. The standard InChI is InChI=1S/C19H27F3N2O2/c1-17(2,3)26-16(25)24-13-18(7-9-23-10-8-18)12-14-5-4-6-15(11-14)19(20,21)22/h4-6,11,23H,7-10,12-13H2,1-3H3,(H,24,25). The SMILES string of the molecule is CC(C)(C)OC(=O)NCC1(Cc2cccc(C(F)(F)F)c2)CCNCC1. The molecule has 0 saturated carbocycles. The highest BCUT2D eigenvalue weighted by atomic mass is 19.4. The topological polar surface area (TPSA) is 50.4 Å². The van der Waals surface area contributed by atoms with Gasteiger partial charge in [0.25, 0.3) is 0 Å². The highest BCUT2D eigenvalue weighted by Crippen LogP contribution is 2.35. The lowest BCUT2D eigenvalue weighted by Crippen LogP contribution is -2.46. The summed E-state index contributed by atoms with van der Waals surface area (Å²) >= 11 is 0. The van der Waals surface area contributed by atoms with Crippen molar-refractivity contribution < 1.29 is 22.7 Å². The minimum Gasteiger partial charge on any atom is -0.444 e. The molecule has 2 rings (SSSR count). The minimum atomic E-state index is -4.36. The van der Waals surface area contributed by atoms with Crippen LogP contribution in [0.5, 0.6) is 0 Å². The van der Waals surface area contributed by atoms with Crippen LogP contribution in [0, 0.1) is 5.41 Å². The van der Waals surface area contributed by atoms with Crippen LogP contribution in [0.4, 0.5) is 18.0 Å². The van der Waals surface area contributed by atoms with E-state index in [0.29, 0.717) is 18.5 Å². The Kier molecular flexibility index (Phi) is 6.21. The molecule has 0 atom stereocenters. The first-order valence-corrected chi connectivity index (χ1v) is 8.83. The summed E-state index contributed by atoms with van der Waals surface area (Å²) in [5.41, 5.74) is -0.884. The lowest BCUT2D eigenvalue weighted by atomic mass is 9.74. The van der Waals surface area contributed by atoms with Gasteiger partial charge in [0.1, 0.15) is 5.60 Å². The first kappa shape index (κ1) is 20.6. The predicted molar refractivity (Wildman–Crippen MR) is 93.9 cm³/mol. The maximum Gasteiger partial charge on any atom is 0.416 e. The molecule has 26 heavy (non-hydrogen) atoms. The number of halogens is 3. The zero-order valence-corrected chi connectivity index (χ0v) is 15.5. The van der Waals surface area contributed by atoms with E-state index in [4.69, 9.17) is 4.74 Å². The molecule has 0 spiro atoms. The Bertz CT molecular complexity index is 618. The van der Waals surface area contributed by atoms with Crippen LogP contribution >= 0.6 is 0 Å². The molecule has 1 fully saturated rings. The maximum atomic E-state index is 13.0. The number of rotatable bonds is 4. The van der Waals surface area contributed by atoms with Crippen molar-refractivity contribution in [2.75, 3.05) is 19.6 Å². The largest absolute Gasteiger partial charge is 0.444 e. The van der Waals surface area contributed by atoms with Gasteiger partial charge in [-0.25, -0.2) is 4.79 Å². The second-order valence-corrected chi connectivity index (χ2v) is 7.98. The third-order valence-electron chi connectivity index (χ3n) is 4.50. The number of ether oxygens (including phenoxy) is 1. The van der Waals surface area contributed by atoms with Gasteiger partial charge in [-0.1, -0.05) is 18.2 Å². The van der Waals surface area contributed by atoms with Crippen LogP contribution in [0.3, 0.4) is 0 Å². The van der Waals surface area contributed by atoms with Gasteiger partial charge in [-0.05, 0) is 70.2 Å². The quantitative estimate of drug-likeness (QED) is 0.835. The number of carbonyl (C=O) groups is 1. The number of nitrogens with one attached hydrogen (secondary N) is 2. The van der Waals surface area contributed by atoms with Crippen molar-refractivity contribution in [3.8, 4) is 0 Å². The summed E-state index contributed by atoms with van der Waals surface area (Å²) in [6.07, 6.45) is -2.82. The average molecular weight is 372 g/mol. The Morgan fingerprint density at radius 3 is 2.46 bits per heavy atom. The van der Waals surface area contributed by atoms with Crippen LogP contribution < -0.4 is 10.6 Å². The van der Waals surface area contributed by atoms with Crippen LogP contribution in [0.15, 0.2) is 24.3 Å². The van der Waals surface area contributed by atoms with Gasteiger partial charge in [-0.2, -0.15) is 13.2 Å². The zero-order valence-electron chi connectivity index (χ0n) is 15.5. The molecule has 0 aliphatic carbocycles. The lowest BCUT2D eigenvalue weighted by molar-refractivity contribution is -0.137. The predicted octanol–water partition coefficient (Wildman–Crippen LogP) is 4.14. The number of benzene rings is 1. The number of amides is 1. The average Bonchev–Trinajstić information content (AvgIpc) is 2.52. The van der Waals surface area contributed by atoms with Gasteiger partial charge in [0.05, 0.1) is 5.56 Å². The van der Waals surface area contributed by atoms with Gasteiger partial charge in [0, 0.05) is 6.54 Å². The molecule has 1 aliphatic rings. The van der Waals surface area contributed by atoms with Gasteiger partial charge < -0.3 is 15.4 Å². The summed E-state index contributed by atoms with van der Waals surface area (Å²) in [5.74, 6) is 0. The summed E-state index contributed by atoms with van der Waals surface area (Å²) in [7, 11) is 0. The van der Waals surface area contributed by atoms with Crippen molar-refractivity contribution >= 4 is 6.09 Å². The number of alkyl carbamates (subject to hydrolysis) is 1. The Morgan fingerprint density at radius 2 is 1.88 bits per heavy atom. The molecule has 0 bridgehead atoms. The molecule has 2 N–H and O–H groups in total. The van der Waals surface area contributed by atoms with Crippen molar-refractivity contribution in [3.63, 3.8) is 0 Å². The molecular weight excluding hydrogens is 345 g/mol. The molecule has 1 heterocycles. The summed E-state index contributed by atoms with van der Waals surface area (Å²) in [4.78, 5) is 12.0. The molecule has 1 amide bonds. The van der Waals surface area contributed by atoms with E-state index in [1.807, 2.05) is 0 Å². The fourth-order valence-electron chi connectivity index (χ4n) is 3.24. The van der Waals surface area contributed by atoms with E-state index < -0.39 is 23.4 Å². The van der Waals surface area contributed by atoms with Crippen LogP contribution in [-0.4, -0.2) is 31.3 Å². The Labute approximate surface area is 152 Å². The van der Waals surface area contributed by atoms with Gasteiger partial charge in [0.15, 0.2) is 0 Å². The number of carbonyl (C=O) groups excluding carboxylic acids is 1. The smallest absolute Gasteiger partial charge is 0.416 e. The third kappa shape index (κ3) is 6.20. The van der Waals surface area contributed by atoms with E-state index in [-0.39, 0.29) is 5.41 Å². The Hall–Kier alpha value is -1.76. The van der Waals surface area contributed by atoms with E-state index in [2.05, 4.69) is 10.6 Å². The van der Waals surface area contributed by atoms with Gasteiger partial charge in [-0.15, -0.1) is 0 Å². The highest BCUT2D eigenvalue weighted by molar-refractivity contribution is 5.67. The Balaban J connectivity index is 2.10. The second-order valence-electron chi connectivity index (χ2n) is 7.98. The molecule has 1 saturated heterocycles. The molecule has 0 unspecified atom stereocenters. The molecule has 1 aromatic carbocycles. The van der Waals surface area contributed by atoms with E-state index in [0.717, 1.165) is 32.0 Å². The van der Waals surface area contributed by atoms with Crippen LogP contribution in [0.1, 0.15) is 44.7 Å². The normalized spacial score (nSPS) is 17.6. The number of piperidine rings is 1. The van der Waals surface area contributed by atoms with Crippen molar-refractivity contribution in [2.45, 2.75) is 51.8 Å². The van der Waals surface area contributed by atoms with Crippen LogP contribution in [0.25, 0.3) is 0 Å². The summed E-state index contributed by atoms with van der Waals surface area (Å²) in [6.45, 7) is 7.28. The molecule has 1 aliphatic heterocycles. The fraction of sp³-hybridized carbons (Fsp3) is 0.632. The van der Waals surface area contributed by atoms with Gasteiger partial charge >= 0.3 is 12.3 Å². The van der Waals surface area contributed by atoms with E-state index in [1.165, 1.54) is 12.1 Å². The van der Waals surface area contributed by atoms with Crippen LogP contribution in [-0.2, 0) is 17.3 Å². The number of alkyl halides is 3. The van der Waals surface area contributed by atoms with Gasteiger partial charge in [-0.3, -0.25) is 0 Å². The molecule has 7 heteroatoms. The lowest BCUT2D eigenvalue weighted by Gasteiger charge is -2.38. The zero-order chi connectivity index (χ0) is 19.4. The minimum absolute atomic E-state index is 0.285. The first-order chi connectivity index (χ1) is 12.0. The summed E-state index contributed by atoms with van der Waals surface area (Å²) in [6, 6.07) is 5.44. The van der Waals surface area contributed by atoms with Crippen molar-refractivity contribution in [1.82, 2.24) is 10.6 Å². The van der Waals surface area contributed by atoms with Crippen LogP contribution in [0.2, 0.25) is 0 Å². The summed E-state index contributed by atoms with van der Waals surface area (Å²) < 4.78 is 44.2. The van der Waals surface area contributed by atoms with Crippen molar-refractivity contribution in [3.05, 3.63) is 35.4 Å². The maximum absolute atomic E-state index is 13.0. The molecule has 1 aromatic rings. The first-order valence-electron chi connectivity index (χ1n) is 8.83. The molecule has 0 radical (unpaired) electrons. The van der Waals surface area contributed by atoms with E-state index in [1.54, 1.807) is 26.8 Å².